The maximum absolute atomic E-state index is 12.7. The number of hydrogen-bond acceptors (Lipinski definition) is 3. The van der Waals surface area contributed by atoms with Crippen molar-refractivity contribution in [1.29, 1.82) is 0 Å². The molecule has 3 aromatic rings. The summed E-state index contributed by atoms with van der Waals surface area (Å²) in [6.07, 6.45) is 0. The molecule has 0 saturated heterocycles. The van der Waals surface area contributed by atoms with Gasteiger partial charge in [0.25, 0.3) is 11.6 Å². The number of nitro groups is 1. The SMILES string of the molecule is Cc1ccc(-c2ccccc2)c(C(=O)NCc2ccc([N+](=O)[O-])cc2)c1. The Hall–Kier alpha value is -3.47. The van der Waals surface area contributed by atoms with Gasteiger partial charge in [0.15, 0.2) is 0 Å². The standard InChI is InChI=1S/C21H18N2O3/c1-15-7-12-19(17-5-3-2-4-6-17)20(13-15)21(24)22-14-16-8-10-18(11-9-16)23(25)26/h2-13H,14H2,1H3,(H,22,24). The summed E-state index contributed by atoms with van der Waals surface area (Å²) in [5.74, 6) is -0.175. The van der Waals surface area contributed by atoms with Crippen molar-refractivity contribution < 1.29 is 9.72 Å². The third kappa shape index (κ3) is 3.95. The first kappa shape index (κ1) is 17.4. The summed E-state index contributed by atoms with van der Waals surface area (Å²) in [6, 6.07) is 21.7. The van der Waals surface area contributed by atoms with Crippen LogP contribution >= 0.6 is 0 Å². The molecule has 5 heteroatoms. The Morgan fingerprint density at radius 1 is 1.00 bits per heavy atom. The number of nitrogens with zero attached hydrogens (tertiary/aromatic N) is 1. The van der Waals surface area contributed by atoms with E-state index in [1.54, 1.807) is 12.1 Å². The highest BCUT2D eigenvalue weighted by atomic mass is 16.6. The molecule has 0 heterocycles. The molecule has 0 spiro atoms. The Morgan fingerprint density at radius 2 is 1.69 bits per heavy atom. The fraction of sp³-hybridized carbons (Fsp3) is 0.0952. The predicted molar refractivity (Wildman–Crippen MR) is 101 cm³/mol. The largest absolute Gasteiger partial charge is 0.348 e. The molecule has 130 valence electrons. The van der Waals surface area contributed by atoms with E-state index in [1.165, 1.54) is 12.1 Å². The molecule has 5 nitrogen and oxygen atoms in total. The van der Waals surface area contributed by atoms with E-state index >= 15 is 0 Å². The van der Waals surface area contributed by atoms with E-state index in [-0.39, 0.29) is 11.6 Å². The van der Waals surface area contributed by atoms with Gasteiger partial charge < -0.3 is 5.32 Å². The first-order valence-corrected chi connectivity index (χ1v) is 8.22. The molecular formula is C21H18N2O3. The molecule has 1 N–H and O–H groups in total. The van der Waals surface area contributed by atoms with E-state index in [0.717, 1.165) is 22.3 Å². The molecule has 0 aliphatic rings. The molecule has 0 aliphatic carbocycles. The Kier molecular flexibility index (Phi) is 5.08. The molecule has 26 heavy (non-hydrogen) atoms. The third-order valence-electron chi connectivity index (χ3n) is 4.10. The van der Waals surface area contributed by atoms with Gasteiger partial charge in [0.1, 0.15) is 0 Å². The number of carbonyl (C=O) groups is 1. The van der Waals surface area contributed by atoms with Crippen molar-refractivity contribution in [3.63, 3.8) is 0 Å². The Morgan fingerprint density at radius 3 is 2.35 bits per heavy atom. The van der Waals surface area contributed by atoms with E-state index < -0.39 is 4.92 Å². The topological polar surface area (TPSA) is 72.2 Å². The van der Waals surface area contributed by atoms with Crippen LogP contribution in [0, 0.1) is 17.0 Å². The maximum atomic E-state index is 12.7. The second-order valence-electron chi connectivity index (χ2n) is 6.02. The Bertz CT molecular complexity index is 935. The highest BCUT2D eigenvalue weighted by molar-refractivity contribution is 6.01. The molecule has 0 aromatic heterocycles. The van der Waals surface area contributed by atoms with Gasteiger partial charge in [0.05, 0.1) is 4.92 Å². The van der Waals surface area contributed by atoms with Crippen molar-refractivity contribution >= 4 is 11.6 Å². The minimum atomic E-state index is -0.443. The van der Waals surface area contributed by atoms with Crippen LogP contribution in [0.3, 0.4) is 0 Å². The minimum Gasteiger partial charge on any atom is -0.348 e. The number of non-ortho nitro benzene ring substituents is 1. The molecule has 0 radical (unpaired) electrons. The number of aryl methyl sites for hydroxylation is 1. The number of nitrogens with one attached hydrogen (secondary N) is 1. The van der Waals surface area contributed by atoms with Gasteiger partial charge in [-0.2, -0.15) is 0 Å². The van der Waals surface area contributed by atoms with Crippen molar-refractivity contribution in [3.8, 4) is 11.1 Å². The third-order valence-corrected chi connectivity index (χ3v) is 4.10. The zero-order chi connectivity index (χ0) is 18.5. The van der Waals surface area contributed by atoms with Gasteiger partial charge in [-0.3, -0.25) is 14.9 Å². The summed E-state index contributed by atoms with van der Waals surface area (Å²) in [7, 11) is 0. The zero-order valence-electron chi connectivity index (χ0n) is 14.3. The van der Waals surface area contributed by atoms with Gasteiger partial charge in [0.2, 0.25) is 0 Å². The second-order valence-corrected chi connectivity index (χ2v) is 6.02. The van der Waals surface area contributed by atoms with E-state index in [1.807, 2.05) is 55.5 Å². The molecular weight excluding hydrogens is 328 g/mol. The fourth-order valence-corrected chi connectivity index (χ4v) is 2.73. The van der Waals surface area contributed by atoms with Crippen molar-refractivity contribution in [2.45, 2.75) is 13.5 Å². The molecule has 0 aliphatic heterocycles. The van der Waals surface area contributed by atoms with Crippen LogP contribution in [0.25, 0.3) is 11.1 Å². The Labute approximate surface area is 151 Å². The average Bonchev–Trinajstić information content (AvgIpc) is 2.67. The normalized spacial score (nSPS) is 10.3. The second kappa shape index (κ2) is 7.61. The van der Waals surface area contributed by atoms with E-state index in [2.05, 4.69) is 5.32 Å². The molecule has 0 fully saturated rings. The van der Waals surface area contributed by atoms with Crippen LogP contribution in [-0.2, 0) is 6.54 Å². The summed E-state index contributed by atoms with van der Waals surface area (Å²) in [5, 5.41) is 13.6. The van der Waals surface area contributed by atoms with Gasteiger partial charge in [-0.15, -0.1) is 0 Å². The minimum absolute atomic E-state index is 0.0325. The first-order chi connectivity index (χ1) is 12.5. The van der Waals surface area contributed by atoms with Crippen LogP contribution in [0.15, 0.2) is 72.8 Å². The lowest BCUT2D eigenvalue weighted by molar-refractivity contribution is -0.384. The van der Waals surface area contributed by atoms with Crippen LogP contribution in [0.1, 0.15) is 21.5 Å². The first-order valence-electron chi connectivity index (χ1n) is 8.22. The van der Waals surface area contributed by atoms with Crippen LogP contribution < -0.4 is 5.32 Å². The highest BCUT2D eigenvalue weighted by Gasteiger charge is 2.13. The van der Waals surface area contributed by atoms with Gasteiger partial charge in [-0.1, -0.05) is 60.2 Å². The summed E-state index contributed by atoms with van der Waals surface area (Å²) in [4.78, 5) is 23.0. The van der Waals surface area contributed by atoms with Crippen LogP contribution in [0.5, 0.6) is 0 Å². The van der Waals surface area contributed by atoms with Crippen molar-refractivity contribution in [2.24, 2.45) is 0 Å². The lowest BCUT2D eigenvalue weighted by Crippen LogP contribution is -2.23. The lowest BCUT2D eigenvalue weighted by atomic mass is 9.97. The summed E-state index contributed by atoms with van der Waals surface area (Å²) >= 11 is 0. The Balaban J connectivity index is 1.79. The molecule has 0 saturated carbocycles. The molecule has 0 bridgehead atoms. The predicted octanol–water partition coefficient (Wildman–Crippen LogP) is 4.50. The number of rotatable bonds is 5. The van der Waals surface area contributed by atoms with Crippen molar-refractivity contribution in [1.82, 2.24) is 5.32 Å². The zero-order valence-corrected chi connectivity index (χ0v) is 14.3. The van der Waals surface area contributed by atoms with E-state index in [0.29, 0.717) is 12.1 Å². The summed E-state index contributed by atoms with van der Waals surface area (Å²) < 4.78 is 0. The summed E-state index contributed by atoms with van der Waals surface area (Å²) in [6.45, 7) is 2.25. The van der Waals surface area contributed by atoms with Crippen LogP contribution in [0.4, 0.5) is 5.69 Å². The van der Waals surface area contributed by atoms with Gasteiger partial charge in [-0.05, 0) is 29.7 Å². The number of amides is 1. The quantitative estimate of drug-likeness (QED) is 0.546. The highest BCUT2D eigenvalue weighted by Crippen LogP contribution is 2.24. The number of nitro benzene ring substituents is 1. The smallest absolute Gasteiger partial charge is 0.269 e. The average molecular weight is 346 g/mol. The van der Waals surface area contributed by atoms with Gasteiger partial charge in [-0.25, -0.2) is 0 Å². The van der Waals surface area contributed by atoms with Crippen LogP contribution in [0.2, 0.25) is 0 Å². The number of benzene rings is 3. The number of carbonyl (C=O) groups excluding carboxylic acids is 1. The van der Waals surface area contributed by atoms with E-state index in [4.69, 9.17) is 0 Å². The molecule has 3 aromatic carbocycles. The monoisotopic (exact) mass is 346 g/mol. The molecule has 3 rings (SSSR count). The fourth-order valence-electron chi connectivity index (χ4n) is 2.73. The molecule has 1 amide bonds. The van der Waals surface area contributed by atoms with Gasteiger partial charge >= 0.3 is 0 Å². The van der Waals surface area contributed by atoms with Crippen molar-refractivity contribution in [2.75, 3.05) is 0 Å². The molecule has 0 unspecified atom stereocenters. The maximum Gasteiger partial charge on any atom is 0.269 e. The van der Waals surface area contributed by atoms with Crippen molar-refractivity contribution in [3.05, 3.63) is 99.6 Å². The van der Waals surface area contributed by atoms with E-state index in [9.17, 15) is 14.9 Å². The van der Waals surface area contributed by atoms with Gasteiger partial charge in [0, 0.05) is 24.2 Å². The lowest BCUT2D eigenvalue weighted by Gasteiger charge is -2.12. The summed E-state index contributed by atoms with van der Waals surface area (Å²) in [5.41, 5.74) is 4.30. The molecule has 0 atom stereocenters. The van der Waals surface area contributed by atoms with Crippen LogP contribution in [-0.4, -0.2) is 10.8 Å². The number of hydrogen-bond donors (Lipinski definition) is 1.